The molecule has 34 heavy (non-hydrogen) atoms. The summed E-state index contributed by atoms with van der Waals surface area (Å²) in [5.41, 5.74) is 1.50. The second-order valence-corrected chi connectivity index (χ2v) is 10.6. The number of alkyl carbamates (subject to hydrolysis) is 1. The number of carbonyl (C=O) groups excluding carboxylic acids is 2. The van der Waals surface area contributed by atoms with Gasteiger partial charge in [0.05, 0.1) is 5.75 Å². The van der Waals surface area contributed by atoms with Gasteiger partial charge in [0.25, 0.3) is 0 Å². The molecule has 2 N–H and O–H groups in total. The number of pyridine rings is 1. The zero-order valence-corrected chi connectivity index (χ0v) is 20.1. The van der Waals surface area contributed by atoms with Gasteiger partial charge in [0.2, 0.25) is 11.8 Å². The molecule has 2 aromatic rings. The van der Waals surface area contributed by atoms with Crippen LogP contribution in [-0.2, 0) is 32.5 Å². The Labute approximate surface area is 200 Å². The number of nitrogens with one attached hydrogen (secondary N) is 2. The summed E-state index contributed by atoms with van der Waals surface area (Å²) in [6.07, 6.45) is 6.15. The van der Waals surface area contributed by atoms with Crippen LogP contribution in [0.25, 0.3) is 0 Å². The fourth-order valence-corrected chi connectivity index (χ4v) is 4.31. The molecule has 1 heterocycles. The van der Waals surface area contributed by atoms with E-state index in [1.807, 2.05) is 24.3 Å². The highest BCUT2D eigenvalue weighted by Gasteiger charge is 2.24. The number of hydrogen-bond acceptors (Lipinski definition) is 7. The van der Waals surface area contributed by atoms with Gasteiger partial charge in [0.1, 0.15) is 28.6 Å². The summed E-state index contributed by atoms with van der Waals surface area (Å²) in [5.74, 6) is -0.305. The molecule has 0 bridgehead atoms. The highest BCUT2D eigenvalue weighted by molar-refractivity contribution is 7.90. The van der Waals surface area contributed by atoms with Gasteiger partial charge in [-0.25, -0.2) is 18.2 Å². The summed E-state index contributed by atoms with van der Waals surface area (Å²) in [4.78, 5) is 29.4. The van der Waals surface area contributed by atoms with E-state index >= 15 is 0 Å². The lowest BCUT2D eigenvalue weighted by Crippen LogP contribution is -2.47. The highest BCUT2D eigenvalue weighted by Crippen LogP contribution is 2.25. The van der Waals surface area contributed by atoms with Crippen molar-refractivity contribution in [2.75, 3.05) is 12.0 Å². The number of sulfone groups is 1. The number of hydrogen-bond donors (Lipinski definition) is 2. The van der Waals surface area contributed by atoms with E-state index in [1.165, 1.54) is 0 Å². The third kappa shape index (κ3) is 8.66. The lowest BCUT2D eigenvalue weighted by Gasteiger charge is -2.19. The predicted molar refractivity (Wildman–Crippen MR) is 127 cm³/mol. The largest absolute Gasteiger partial charge is 0.474 e. The Balaban J connectivity index is 1.59. The van der Waals surface area contributed by atoms with Gasteiger partial charge in [0.15, 0.2) is 0 Å². The number of rotatable bonds is 11. The standard InChI is InChI=1S/C24H31N3O6S/c1-34(30,31)15-13-21(27-24(29)32-17-18-8-3-2-4-9-18)22(28)26-16-19-10-7-14-25-23(19)33-20-11-5-6-12-20/h2-4,7-10,14,20-21H,5-6,11-13,15-17H2,1H3,(H,26,28)(H,27,29). The molecule has 2 amide bonds. The Bertz CT molecular complexity index is 1060. The Hall–Kier alpha value is -3.14. The van der Waals surface area contributed by atoms with Crippen molar-refractivity contribution in [3.05, 3.63) is 59.8 Å². The van der Waals surface area contributed by atoms with Crippen molar-refractivity contribution in [1.29, 1.82) is 0 Å². The van der Waals surface area contributed by atoms with Crippen LogP contribution in [0.3, 0.4) is 0 Å². The first-order valence-corrected chi connectivity index (χ1v) is 13.4. The first-order valence-electron chi connectivity index (χ1n) is 11.3. The summed E-state index contributed by atoms with van der Waals surface area (Å²) in [7, 11) is -3.33. The normalized spacial score (nSPS) is 14.9. The molecule has 1 fully saturated rings. The summed E-state index contributed by atoms with van der Waals surface area (Å²) in [6, 6.07) is 11.6. The molecule has 0 spiro atoms. The van der Waals surface area contributed by atoms with Crippen LogP contribution < -0.4 is 15.4 Å². The van der Waals surface area contributed by atoms with Crippen LogP contribution in [0.5, 0.6) is 5.88 Å². The SMILES string of the molecule is CS(=O)(=O)CCC(NC(=O)OCc1ccccc1)C(=O)NCc1cccnc1OC1CCCC1. The van der Waals surface area contributed by atoms with E-state index in [9.17, 15) is 18.0 Å². The lowest BCUT2D eigenvalue weighted by molar-refractivity contribution is -0.123. The number of aromatic nitrogens is 1. The van der Waals surface area contributed by atoms with E-state index in [4.69, 9.17) is 9.47 Å². The van der Waals surface area contributed by atoms with Crippen molar-refractivity contribution < 1.29 is 27.5 Å². The lowest BCUT2D eigenvalue weighted by atomic mass is 10.2. The number of amides is 2. The fraction of sp³-hybridized carbons (Fsp3) is 0.458. The Morgan fingerprint density at radius 3 is 2.56 bits per heavy atom. The molecule has 1 aromatic carbocycles. The second kappa shape index (κ2) is 12.4. The van der Waals surface area contributed by atoms with Gasteiger partial charge in [-0.1, -0.05) is 36.4 Å². The molecular weight excluding hydrogens is 458 g/mol. The molecule has 0 saturated heterocycles. The molecule has 1 atom stereocenters. The van der Waals surface area contributed by atoms with Gasteiger partial charge in [-0.15, -0.1) is 0 Å². The molecule has 3 rings (SSSR count). The van der Waals surface area contributed by atoms with Gasteiger partial charge in [-0.2, -0.15) is 0 Å². The van der Waals surface area contributed by atoms with Crippen molar-refractivity contribution in [3.63, 3.8) is 0 Å². The van der Waals surface area contributed by atoms with Crippen molar-refractivity contribution >= 4 is 21.8 Å². The van der Waals surface area contributed by atoms with Gasteiger partial charge in [-0.3, -0.25) is 4.79 Å². The minimum atomic E-state index is -3.33. The molecular formula is C24H31N3O6S. The summed E-state index contributed by atoms with van der Waals surface area (Å²) < 4.78 is 34.5. The molecule has 9 nitrogen and oxygen atoms in total. The van der Waals surface area contributed by atoms with Crippen molar-refractivity contribution in [3.8, 4) is 5.88 Å². The third-order valence-corrected chi connectivity index (χ3v) is 6.46. The topological polar surface area (TPSA) is 124 Å². The molecule has 1 aliphatic carbocycles. The van der Waals surface area contributed by atoms with Crippen LogP contribution in [0.15, 0.2) is 48.7 Å². The zero-order valence-electron chi connectivity index (χ0n) is 19.2. The Morgan fingerprint density at radius 1 is 1.12 bits per heavy atom. The van der Waals surface area contributed by atoms with Crippen LogP contribution >= 0.6 is 0 Å². The Kier molecular flexibility index (Phi) is 9.26. The number of carbonyl (C=O) groups is 2. The second-order valence-electron chi connectivity index (χ2n) is 8.39. The maximum Gasteiger partial charge on any atom is 0.408 e. The van der Waals surface area contributed by atoms with Crippen molar-refractivity contribution in [1.82, 2.24) is 15.6 Å². The number of ether oxygens (including phenoxy) is 2. The van der Waals surface area contributed by atoms with Crippen LogP contribution in [0.1, 0.15) is 43.2 Å². The molecule has 10 heteroatoms. The van der Waals surface area contributed by atoms with E-state index in [-0.39, 0.29) is 31.4 Å². The third-order valence-electron chi connectivity index (χ3n) is 5.48. The van der Waals surface area contributed by atoms with Gasteiger partial charge < -0.3 is 20.1 Å². The Morgan fingerprint density at radius 2 is 1.85 bits per heavy atom. The first-order chi connectivity index (χ1) is 16.3. The van der Waals surface area contributed by atoms with Crippen molar-refractivity contribution in [2.45, 2.75) is 57.4 Å². The van der Waals surface area contributed by atoms with E-state index in [2.05, 4.69) is 15.6 Å². The average Bonchev–Trinajstić information content (AvgIpc) is 3.33. The van der Waals surface area contributed by atoms with Crippen LogP contribution in [-0.4, -0.2) is 49.6 Å². The van der Waals surface area contributed by atoms with Gasteiger partial charge in [-0.05, 0) is 43.7 Å². The minimum absolute atomic E-state index is 0.0324. The molecule has 0 aliphatic heterocycles. The quantitative estimate of drug-likeness (QED) is 0.497. The van der Waals surface area contributed by atoms with Gasteiger partial charge in [0, 0.05) is 24.6 Å². The molecule has 1 saturated carbocycles. The van der Waals surface area contributed by atoms with E-state index in [0.717, 1.165) is 37.5 Å². The molecule has 1 unspecified atom stereocenters. The minimum Gasteiger partial charge on any atom is -0.474 e. The highest BCUT2D eigenvalue weighted by atomic mass is 32.2. The van der Waals surface area contributed by atoms with Crippen LogP contribution in [0, 0.1) is 0 Å². The maximum absolute atomic E-state index is 12.9. The summed E-state index contributed by atoms with van der Waals surface area (Å²) >= 11 is 0. The summed E-state index contributed by atoms with van der Waals surface area (Å²) in [5, 5.41) is 5.24. The zero-order chi connectivity index (χ0) is 24.4. The van der Waals surface area contributed by atoms with Gasteiger partial charge >= 0.3 is 6.09 Å². The molecule has 1 aliphatic rings. The number of benzene rings is 1. The average molecular weight is 490 g/mol. The summed E-state index contributed by atoms with van der Waals surface area (Å²) in [6.45, 7) is 0.162. The smallest absolute Gasteiger partial charge is 0.408 e. The molecule has 0 radical (unpaired) electrons. The van der Waals surface area contributed by atoms with Crippen LogP contribution in [0.4, 0.5) is 4.79 Å². The van der Waals surface area contributed by atoms with E-state index in [1.54, 1.807) is 24.4 Å². The molecule has 184 valence electrons. The van der Waals surface area contributed by atoms with E-state index < -0.39 is 27.9 Å². The maximum atomic E-state index is 12.9. The predicted octanol–water partition coefficient (Wildman–Crippen LogP) is 2.75. The fourth-order valence-electron chi connectivity index (χ4n) is 3.64. The first kappa shape index (κ1) is 25.5. The van der Waals surface area contributed by atoms with Crippen molar-refractivity contribution in [2.24, 2.45) is 0 Å². The molecule has 1 aromatic heterocycles. The van der Waals surface area contributed by atoms with Crippen LogP contribution in [0.2, 0.25) is 0 Å². The monoisotopic (exact) mass is 489 g/mol. The van der Waals surface area contributed by atoms with E-state index in [0.29, 0.717) is 11.4 Å². The number of nitrogens with zero attached hydrogens (tertiary/aromatic N) is 1.